The summed E-state index contributed by atoms with van der Waals surface area (Å²) in [6, 6.07) is 9.62. The molecule has 2 N–H and O–H groups in total. The summed E-state index contributed by atoms with van der Waals surface area (Å²) >= 11 is 6.06. The Hall–Kier alpha value is -1.74. The average Bonchev–Trinajstić information content (AvgIpc) is 3.12. The summed E-state index contributed by atoms with van der Waals surface area (Å²) < 4.78 is 5.33. The van der Waals surface area contributed by atoms with Gasteiger partial charge in [0.1, 0.15) is 5.76 Å². The van der Waals surface area contributed by atoms with Crippen molar-refractivity contribution in [1.82, 2.24) is 15.5 Å². The molecule has 148 valence electrons. The number of likely N-dealkylation sites (N-methyl/N-ethyl adjacent to an activating group) is 1. The van der Waals surface area contributed by atoms with Gasteiger partial charge < -0.3 is 20.0 Å². The molecule has 0 bridgehead atoms. The van der Waals surface area contributed by atoms with Gasteiger partial charge in [-0.2, -0.15) is 0 Å². The van der Waals surface area contributed by atoms with Crippen molar-refractivity contribution in [3.63, 3.8) is 0 Å². The molecule has 0 aliphatic heterocycles. The van der Waals surface area contributed by atoms with Crippen molar-refractivity contribution >= 4 is 47.4 Å². The second-order valence-corrected chi connectivity index (χ2v) is 6.55. The van der Waals surface area contributed by atoms with Gasteiger partial charge in [0.2, 0.25) is 5.91 Å². The van der Waals surface area contributed by atoms with Gasteiger partial charge in [0.15, 0.2) is 5.96 Å². The van der Waals surface area contributed by atoms with E-state index in [-0.39, 0.29) is 36.4 Å². The van der Waals surface area contributed by atoms with Crippen LogP contribution in [-0.2, 0) is 17.8 Å². The van der Waals surface area contributed by atoms with Crippen LogP contribution in [0.4, 0.5) is 0 Å². The Morgan fingerprint density at radius 3 is 2.67 bits per heavy atom. The quantitative estimate of drug-likeness (QED) is 0.345. The minimum absolute atomic E-state index is 0. The molecule has 1 aromatic heterocycles. The highest BCUT2D eigenvalue weighted by Gasteiger charge is 2.06. The largest absolute Gasteiger partial charge is 0.469 e. The maximum Gasteiger partial charge on any atom is 0.241 e. The van der Waals surface area contributed by atoms with Gasteiger partial charge in [-0.15, -0.1) is 24.0 Å². The van der Waals surface area contributed by atoms with Crippen LogP contribution in [0.1, 0.15) is 16.9 Å². The number of nitrogens with zero attached hydrogens (tertiary/aromatic N) is 2. The third kappa shape index (κ3) is 8.21. The van der Waals surface area contributed by atoms with Gasteiger partial charge >= 0.3 is 0 Å². The van der Waals surface area contributed by atoms with E-state index < -0.39 is 0 Å². The van der Waals surface area contributed by atoms with E-state index in [1.54, 1.807) is 20.4 Å². The second-order valence-electron chi connectivity index (χ2n) is 6.15. The molecule has 0 aliphatic rings. The Morgan fingerprint density at radius 1 is 1.26 bits per heavy atom. The number of amides is 1. The van der Waals surface area contributed by atoms with Crippen LogP contribution in [0.5, 0.6) is 0 Å². The lowest BCUT2D eigenvalue weighted by Crippen LogP contribution is -2.43. The number of hydrogen-bond donors (Lipinski definition) is 2. The molecule has 0 saturated carbocycles. The molecular weight excluding hydrogens is 479 g/mol. The third-order valence-electron chi connectivity index (χ3n) is 3.79. The highest BCUT2D eigenvalue weighted by molar-refractivity contribution is 14.0. The molecule has 0 saturated heterocycles. The number of halogens is 2. The number of benzene rings is 1. The average molecular weight is 505 g/mol. The predicted molar refractivity (Wildman–Crippen MR) is 120 cm³/mol. The fraction of sp³-hybridized carbons (Fsp3) is 0.368. The first-order valence-corrected chi connectivity index (χ1v) is 8.83. The molecule has 1 heterocycles. The molecule has 0 spiro atoms. The van der Waals surface area contributed by atoms with Gasteiger partial charge in [-0.25, -0.2) is 4.99 Å². The molecule has 0 radical (unpaired) electrons. The summed E-state index contributed by atoms with van der Waals surface area (Å²) in [4.78, 5) is 17.9. The van der Waals surface area contributed by atoms with Crippen LogP contribution in [0.15, 0.2) is 46.0 Å². The molecule has 1 aromatic carbocycles. The second kappa shape index (κ2) is 11.9. The number of nitrogens with one attached hydrogen (secondary N) is 2. The maximum absolute atomic E-state index is 11.8. The van der Waals surface area contributed by atoms with Gasteiger partial charge in [0, 0.05) is 32.1 Å². The predicted octanol–water partition coefficient (Wildman–Crippen LogP) is 3.23. The zero-order valence-corrected chi connectivity index (χ0v) is 18.9. The highest BCUT2D eigenvalue weighted by atomic mass is 127. The third-order valence-corrected chi connectivity index (χ3v) is 4.22. The normalized spacial score (nSPS) is 10.9. The fourth-order valence-electron chi connectivity index (χ4n) is 2.23. The number of furan rings is 1. The zero-order chi connectivity index (χ0) is 18.9. The van der Waals surface area contributed by atoms with Gasteiger partial charge in [-0.3, -0.25) is 4.79 Å². The van der Waals surface area contributed by atoms with E-state index in [9.17, 15) is 4.79 Å². The number of hydrogen-bond acceptors (Lipinski definition) is 3. The first-order valence-electron chi connectivity index (χ1n) is 8.45. The highest BCUT2D eigenvalue weighted by Crippen LogP contribution is 2.16. The minimum Gasteiger partial charge on any atom is -0.469 e. The van der Waals surface area contributed by atoms with Gasteiger partial charge in [-0.05, 0) is 36.2 Å². The van der Waals surface area contributed by atoms with E-state index >= 15 is 0 Å². The maximum atomic E-state index is 11.8. The lowest BCUT2D eigenvalue weighted by atomic mass is 10.1. The molecule has 2 rings (SSSR count). The number of rotatable bonds is 7. The Labute approximate surface area is 182 Å². The molecule has 1 amide bonds. The van der Waals surface area contributed by atoms with Crippen molar-refractivity contribution in [3.8, 4) is 0 Å². The molecular formula is C19H26ClIN4O2. The Balaban J connectivity index is 0.00000364. The number of carbonyl (C=O) groups excluding carboxylic acids is 1. The van der Waals surface area contributed by atoms with Crippen LogP contribution >= 0.6 is 35.6 Å². The molecule has 6 nitrogen and oxygen atoms in total. The van der Waals surface area contributed by atoms with Crippen LogP contribution in [-0.4, -0.2) is 44.0 Å². The number of guanidine groups is 1. The van der Waals surface area contributed by atoms with E-state index in [0.717, 1.165) is 28.3 Å². The zero-order valence-electron chi connectivity index (χ0n) is 15.8. The van der Waals surface area contributed by atoms with Crippen molar-refractivity contribution in [2.45, 2.75) is 19.9 Å². The summed E-state index contributed by atoms with van der Waals surface area (Å²) in [6.07, 6.45) is 2.39. The fourth-order valence-corrected chi connectivity index (χ4v) is 2.34. The molecule has 0 atom stereocenters. The smallest absolute Gasteiger partial charge is 0.241 e. The summed E-state index contributed by atoms with van der Waals surface area (Å²) in [5.74, 6) is 1.46. The SMILES string of the molecule is Cc1cc(CN=C(NCCc2ccco2)NCC(=O)N(C)C)ccc1Cl.I. The summed E-state index contributed by atoms with van der Waals surface area (Å²) in [6.45, 7) is 3.28. The Kier molecular flexibility index (Phi) is 10.2. The van der Waals surface area contributed by atoms with Crippen molar-refractivity contribution < 1.29 is 9.21 Å². The number of aliphatic imine (C=N–C) groups is 1. The van der Waals surface area contributed by atoms with Gasteiger partial charge in [0.25, 0.3) is 0 Å². The molecule has 8 heteroatoms. The van der Waals surface area contributed by atoms with Crippen molar-refractivity contribution in [2.75, 3.05) is 27.2 Å². The van der Waals surface area contributed by atoms with Crippen LogP contribution in [0.25, 0.3) is 0 Å². The van der Waals surface area contributed by atoms with E-state index in [4.69, 9.17) is 16.0 Å². The topological polar surface area (TPSA) is 69.9 Å². The van der Waals surface area contributed by atoms with Crippen LogP contribution in [0, 0.1) is 6.92 Å². The summed E-state index contributed by atoms with van der Waals surface area (Å²) in [5, 5.41) is 7.04. The lowest BCUT2D eigenvalue weighted by molar-refractivity contribution is -0.127. The first-order chi connectivity index (χ1) is 12.5. The van der Waals surface area contributed by atoms with Crippen LogP contribution in [0.3, 0.4) is 0 Å². The number of carbonyl (C=O) groups is 1. The monoisotopic (exact) mass is 504 g/mol. The first kappa shape index (κ1) is 23.3. The van der Waals surface area contributed by atoms with Crippen molar-refractivity contribution in [3.05, 3.63) is 58.5 Å². The van der Waals surface area contributed by atoms with E-state index in [1.807, 2.05) is 37.3 Å². The van der Waals surface area contributed by atoms with Crippen molar-refractivity contribution in [2.24, 2.45) is 4.99 Å². The van der Waals surface area contributed by atoms with Gasteiger partial charge in [0.05, 0.1) is 19.4 Å². The minimum atomic E-state index is -0.0205. The summed E-state index contributed by atoms with van der Waals surface area (Å²) in [5.41, 5.74) is 2.07. The molecule has 0 fully saturated rings. The molecule has 2 aromatic rings. The molecule has 0 unspecified atom stereocenters. The van der Waals surface area contributed by atoms with E-state index in [0.29, 0.717) is 19.0 Å². The van der Waals surface area contributed by atoms with E-state index in [2.05, 4.69) is 15.6 Å². The van der Waals surface area contributed by atoms with Crippen LogP contribution < -0.4 is 10.6 Å². The Bertz CT molecular complexity index is 748. The summed E-state index contributed by atoms with van der Waals surface area (Å²) in [7, 11) is 3.45. The standard InChI is InChI=1S/C19H25ClN4O2.HI/c1-14-11-15(6-7-17(14)20)12-22-19(23-13-18(25)24(2)3)21-9-8-16-5-4-10-26-16;/h4-7,10-11H,8-9,12-13H2,1-3H3,(H2,21,22,23);1H. The lowest BCUT2D eigenvalue weighted by Gasteiger charge is -2.15. The van der Waals surface area contributed by atoms with E-state index in [1.165, 1.54) is 4.90 Å². The van der Waals surface area contributed by atoms with Crippen molar-refractivity contribution in [1.29, 1.82) is 0 Å². The van der Waals surface area contributed by atoms with Crippen LogP contribution in [0.2, 0.25) is 5.02 Å². The Morgan fingerprint density at radius 2 is 2.04 bits per heavy atom. The number of aryl methyl sites for hydroxylation is 1. The molecule has 0 aliphatic carbocycles. The molecule has 27 heavy (non-hydrogen) atoms. The van der Waals surface area contributed by atoms with Gasteiger partial charge in [-0.1, -0.05) is 23.7 Å².